The second kappa shape index (κ2) is 6.63. The first-order valence-corrected chi connectivity index (χ1v) is 8.36. The van der Waals surface area contributed by atoms with Crippen LogP contribution in [0.15, 0.2) is 16.7 Å². The molecule has 1 unspecified atom stereocenters. The number of aromatic nitrogens is 1. The van der Waals surface area contributed by atoms with E-state index in [9.17, 15) is 0 Å². The Morgan fingerprint density at radius 1 is 1.43 bits per heavy atom. The van der Waals surface area contributed by atoms with E-state index in [1.54, 1.807) is 0 Å². The lowest BCUT2D eigenvalue weighted by molar-refractivity contribution is 0.315. The zero-order valence-electron chi connectivity index (χ0n) is 13.8. The maximum atomic E-state index is 4.68. The van der Waals surface area contributed by atoms with Crippen LogP contribution in [0.2, 0.25) is 0 Å². The van der Waals surface area contributed by atoms with Gasteiger partial charge in [-0.05, 0) is 63.3 Å². The van der Waals surface area contributed by atoms with E-state index in [-0.39, 0.29) is 5.54 Å². The maximum absolute atomic E-state index is 4.68. The van der Waals surface area contributed by atoms with Crippen LogP contribution in [0.4, 0.5) is 5.82 Å². The van der Waals surface area contributed by atoms with Crippen LogP contribution in [0.5, 0.6) is 0 Å². The molecule has 21 heavy (non-hydrogen) atoms. The number of hydrogen-bond acceptors (Lipinski definition) is 4. The van der Waals surface area contributed by atoms with Crippen molar-refractivity contribution >= 4 is 21.7 Å². The largest absolute Gasteiger partial charge is 0.355 e. The van der Waals surface area contributed by atoms with Gasteiger partial charge in [0.2, 0.25) is 0 Å². The molecule has 1 N–H and O–H groups in total. The Morgan fingerprint density at radius 2 is 2.14 bits per heavy atom. The zero-order valence-corrected chi connectivity index (χ0v) is 15.4. The molecule has 1 fully saturated rings. The Balaban J connectivity index is 2.15. The van der Waals surface area contributed by atoms with Crippen molar-refractivity contribution in [2.45, 2.75) is 45.3 Å². The summed E-state index contributed by atoms with van der Waals surface area (Å²) in [6.45, 7) is 9.56. The van der Waals surface area contributed by atoms with E-state index in [0.717, 1.165) is 29.9 Å². The molecule has 1 aliphatic rings. The SMILES string of the molecule is CN(C)C1CCN(c2ncc(Br)cc2CNC(C)(C)C)C1. The van der Waals surface area contributed by atoms with Gasteiger partial charge in [-0.1, -0.05) is 0 Å². The molecule has 2 rings (SSSR count). The van der Waals surface area contributed by atoms with Crippen LogP contribution < -0.4 is 10.2 Å². The van der Waals surface area contributed by atoms with E-state index in [1.807, 2.05) is 6.20 Å². The van der Waals surface area contributed by atoms with Gasteiger partial charge in [-0.15, -0.1) is 0 Å². The Kier molecular flexibility index (Phi) is 5.28. The molecular weight excluding hydrogens is 328 g/mol. The highest BCUT2D eigenvalue weighted by atomic mass is 79.9. The monoisotopic (exact) mass is 354 g/mol. The summed E-state index contributed by atoms with van der Waals surface area (Å²) in [4.78, 5) is 9.40. The van der Waals surface area contributed by atoms with E-state index >= 15 is 0 Å². The Labute approximate surface area is 137 Å². The number of nitrogens with one attached hydrogen (secondary N) is 1. The molecule has 118 valence electrons. The fraction of sp³-hybridized carbons (Fsp3) is 0.688. The molecule has 0 aromatic carbocycles. The van der Waals surface area contributed by atoms with Crippen LogP contribution in [0.1, 0.15) is 32.8 Å². The molecule has 0 amide bonds. The van der Waals surface area contributed by atoms with Gasteiger partial charge in [-0.2, -0.15) is 0 Å². The summed E-state index contributed by atoms with van der Waals surface area (Å²) in [6.07, 6.45) is 3.11. The van der Waals surface area contributed by atoms with Gasteiger partial charge in [0.05, 0.1) is 0 Å². The number of pyridine rings is 1. The maximum Gasteiger partial charge on any atom is 0.133 e. The molecule has 1 saturated heterocycles. The van der Waals surface area contributed by atoms with E-state index in [0.29, 0.717) is 6.04 Å². The minimum absolute atomic E-state index is 0.108. The summed E-state index contributed by atoms with van der Waals surface area (Å²) in [5.41, 5.74) is 1.37. The zero-order chi connectivity index (χ0) is 15.6. The third-order valence-electron chi connectivity index (χ3n) is 3.91. The molecule has 0 radical (unpaired) electrons. The van der Waals surface area contributed by atoms with Gasteiger partial charge in [0.1, 0.15) is 5.82 Å². The van der Waals surface area contributed by atoms with Gasteiger partial charge in [0, 0.05) is 47.4 Å². The van der Waals surface area contributed by atoms with Crippen molar-refractivity contribution in [3.05, 3.63) is 22.3 Å². The standard InChI is InChI=1S/C16H27BrN4/c1-16(2,3)19-9-12-8-13(17)10-18-15(12)21-7-6-14(11-21)20(4)5/h8,10,14,19H,6-7,9,11H2,1-5H3. The third-order valence-corrected chi connectivity index (χ3v) is 4.35. The summed E-state index contributed by atoms with van der Waals surface area (Å²) >= 11 is 3.54. The lowest BCUT2D eigenvalue weighted by Crippen LogP contribution is -2.36. The van der Waals surface area contributed by atoms with Crippen LogP contribution in [0.3, 0.4) is 0 Å². The summed E-state index contributed by atoms with van der Waals surface area (Å²) in [6, 6.07) is 2.81. The number of nitrogens with zero attached hydrogens (tertiary/aromatic N) is 3. The smallest absolute Gasteiger partial charge is 0.133 e. The quantitative estimate of drug-likeness (QED) is 0.900. The minimum Gasteiger partial charge on any atom is -0.355 e. The van der Waals surface area contributed by atoms with Gasteiger partial charge in [-0.25, -0.2) is 4.98 Å². The highest BCUT2D eigenvalue weighted by Crippen LogP contribution is 2.26. The first-order chi connectivity index (χ1) is 9.76. The predicted molar refractivity (Wildman–Crippen MR) is 92.8 cm³/mol. The normalized spacial score (nSPS) is 19.6. The molecule has 5 heteroatoms. The van der Waals surface area contributed by atoms with Crippen molar-refractivity contribution in [3.8, 4) is 0 Å². The number of likely N-dealkylation sites (N-methyl/N-ethyl adjacent to an activating group) is 1. The minimum atomic E-state index is 0.108. The van der Waals surface area contributed by atoms with E-state index in [4.69, 9.17) is 0 Å². The predicted octanol–water partition coefficient (Wildman–Crippen LogP) is 2.87. The molecule has 4 nitrogen and oxygen atoms in total. The summed E-state index contributed by atoms with van der Waals surface area (Å²) in [7, 11) is 4.32. The highest BCUT2D eigenvalue weighted by molar-refractivity contribution is 9.10. The molecule has 0 bridgehead atoms. The summed E-state index contributed by atoms with van der Waals surface area (Å²) < 4.78 is 1.04. The van der Waals surface area contributed by atoms with Crippen molar-refractivity contribution in [3.63, 3.8) is 0 Å². The molecule has 1 aromatic rings. The fourth-order valence-corrected chi connectivity index (χ4v) is 2.98. The second-order valence-corrected chi connectivity index (χ2v) is 8.01. The van der Waals surface area contributed by atoms with Gasteiger partial charge in [0.15, 0.2) is 0 Å². The van der Waals surface area contributed by atoms with Crippen molar-refractivity contribution in [1.29, 1.82) is 0 Å². The Hall–Kier alpha value is -0.650. The molecule has 1 atom stereocenters. The first kappa shape index (κ1) is 16.7. The van der Waals surface area contributed by atoms with Crippen LogP contribution in [0, 0.1) is 0 Å². The van der Waals surface area contributed by atoms with Gasteiger partial charge in [-0.3, -0.25) is 0 Å². The molecule has 1 aliphatic heterocycles. The molecule has 0 saturated carbocycles. The van der Waals surface area contributed by atoms with E-state index < -0.39 is 0 Å². The molecule has 1 aromatic heterocycles. The number of halogens is 1. The van der Waals surface area contributed by atoms with Crippen LogP contribution in [-0.4, -0.2) is 48.6 Å². The van der Waals surface area contributed by atoms with Crippen molar-refractivity contribution in [2.24, 2.45) is 0 Å². The van der Waals surface area contributed by atoms with E-state index in [1.165, 1.54) is 12.0 Å². The molecule has 0 spiro atoms. The van der Waals surface area contributed by atoms with E-state index in [2.05, 4.69) is 77.0 Å². The summed E-state index contributed by atoms with van der Waals surface area (Å²) in [5.74, 6) is 1.12. The average Bonchev–Trinajstić information content (AvgIpc) is 2.85. The van der Waals surface area contributed by atoms with Crippen LogP contribution in [0.25, 0.3) is 0 Å². The second-order valence-electron chi connectivity index (χ2n) is 7.09. The molecular formula is C16H27BrN4. The number of rotatable bonds is 4. The topological polar surface area (TPSA) is 31.4 Å². The molecule has 0 aliphatic carbocycles. The highest BCUT2D eigenvalue weighted by Gasteiger charge is 2.26. The number of hydrogen-bond donors (Lipinski definition) is 1. The third kappa shape index (κ3) is 4.66. The Bertz CT molecular complexity index is 482. The van der Waals surface area contributed by atoms with Gasteiger partial charge < -0.3 is 15.1 Å². The molecule has 2 heterocycles. The van der Waals surface area contributed by atoms with Crippen molar-refractivity contribution in [2.75, 3.05) is 32.1 Å². The fourth-order valence-electron chi connectivity index (χ4n) is 2.60. The van der Waals surface area contributed by atoms with Crippen molar-refractivity contribution in [1.82, 2.24) is 15.2 Å². The first-order valence-electron chi connectivity index (χ1n) is 7.57. The Morgan fingerprint density at radius 3 is 2.71 bits per heavy atom. The van der Waals surface area contributed by atoms with Gasteiger partial charge in [0.25, 0.3) is 0 Å². The van der Waals surface area contributed by atoms with Gasteiger partial charge >= 0.3 is 0 Å². The lowest BCUT2D eigenvalue weighted by Gasteiger charge is -2.25. The van der Waals surface area contributed by atoms with Crippen molar-refractivity contribution < 1.29 is 0 Å². The number of anilines is 1. The van der Waals surface area contributed by atoms with Crippen LogP contribution >= 0.6 is 15.9 Å². The van der Waals surface area contributed by atoms with Crippen LogP contribution in [-0.2, 0) is 6.54 Å². The average molecular weight is 355 g/mol. The summed E-state index contributed by atoms with van der Waals surface area (Å²) in [5, 5.41) is 3.57. The lowest BCUT2D eigenvalue weighted by atomic mass is 10.1.